The van der Waals surface area contributed by atoms with Gasteiger partial charge in [-0.2, -0.15) is 0 Å². The number of hydrogen-bond donors (Lipinski definition) is 2. The molecular weight excluding hydrogens is 364 g/mol. The molecule has 7 heteroatoms. The molecule has 1 aliphatic heterocycles. The van der Waals surface area contributed by atoms with Gasteiger partial charge in [0.25, 0.3) is 0 Å². The molecule has 0 saturated carbocycles. The molecule has 144 valence electrons. The van der Waals surface area contributed by atoms with Crippen LogP contribution in [0.2, 0.25) is 0 Å². The van der Waals surface area contributed by atoms with E-state index in [2.05, 4.69) is 17.6 Å². The van der Waals surface area contributed by atoms with Crippen molar-refractivity contribution in [3.8, 4) is 23.0 Å². The van der Waals surface area contributed by atoms with Crippen molar-refractivity contribution in [3.63, 3.8) is 0 Å². The summed E-state index contributed by atoms with van der Waals surface area (Å²) in [5, 5.41) is 7.15. The van der Waals surface area contributed by atoms with E-state index in [1.54, 1.807) is 14.2 Å². The lowest BCUT2D eigenvalue weighted by molar-refractivity contribution is 0.174. The third-order valence-electron chi connectivity index (χ3n) is 4.39. The zero-order valence-electron chi connectivity index (χ0n) is 15.7. The smallest absolute Gasteiger partial charge is 0.231 e. The summed E-state index contributed by atoms with van der Waals surface area (Å²) in [5.41, 5.74) is 2.23. The second kappa shape index (κ2) is 8.81. The van der Waals surface area contributed by atoms with Crippen LogP contribution in [0.4, 0.5) is 0 Å². The summed E-state index contributed by atoms with van der Waals surface area (Å²) in [4.78, 5) is 0. The van der Waals surface area contributed by atoms with Crippen LogP contribution in [0.25, 0.3) is 0 Å². The lowest BCUT2D eigenvalue weighted by Crippen LogP contribution is -2.37. The number of methoxy groups -OCH3 is 2. The quantitative estimate of drug-likeness (QED) is 0.706. The molecular formula is C20H24N2O4S. The third kappa shape index (κ3) is 4.74. The Balaban J connectivity index is 1.48. The van der Waals surface area contributed by atoms with E-state index in [9.17, 15) is 0 Å². The van der Waals surface area contributed by atoms with Gasteiger partial charge < -0.3 is 29.6 Å². The summed E-state index contributed by atoms with van der Waals surface area (Å²) in [5.74, 6) is 3.01. The minimum absolute atomic E-state index is 0.0561. The molecule has 0 fully saturated rings. The van der Waals surface area contributed by atoms with Crippen LogP contribution >= 0.6 is 12.2 Å². The molecule has 27 heavy (non-hydrogen) atoms. The van der Waals surface area contributed by atoms with E-state index >= 15 is 0 Å². The minimum atomic E-state index is 0.0561. The Morgan fingerprint density at radius 2 is 1.85 bits per heavy atom. The molecule has 0 bridgehead atoms. The molecule has 0 saturated heterocycles. The van der Waals surface area contributed by atoms with Gasteiger partial charge >= 0.3 is 0 Å². The van der Waals surface area contributed by atoms with Crippen molar-refractivity contribution in [1.82, 2.24) is 10.6 Å². The van der Waals surface area contributed by atoms with Crippen LogP contribution in [0.1, 0.15) is 24.1 Å². The van der Waals surface area contributed by atoms with Crippen molar-refractivity contribution in [2.24, 2.45) is 0 Å². The Morgan fingerprint density at radius 1 is 1.07 bits per heavy atom. The fourth-order valence-corrected chi connectivity index (χ4v) is 3.15. The first-order valence-electron chi connectivity index (χ1n) is 8.75. The average molecular weight is 388 g/mol. The summed E-state index contributed by atoms with van der Waals surface area (Å²) in [7, 11) is 3.26. The molecule has 0 radical (unpaired) electrons. The Labute approximate surface area is 164 Å². The summed E-state index contributed by atoms with van der Waals surface area (Å²) >= 11 is 5.41. The van der Waals surface area contributed by atoms with E-state index in [0.717, 1.165) is 47.1 Å². The van der Waals surface area contributed by atoms with E-state index < -0.39 is 0 Å². The van der Waals surface area contributed by atoms with Gasteiger partial charge in [-0.05, 0) is 61.0 Å². The maximum atomic E-state index is 5.43. The Kier molecular flexibility index (Phi) is 6.24. The van der Waals surface area contributed by atoms with Crippen LogP contribution in [0.3, 0.4) is 0 Å². The highest BCUT2D eigenvalue weighted by Gasteiger charge is 2.16. The first-order valence-corrected chi connectivity index (χ1v) is 9.16. The van der Waals surface area contributed by atoms with Gasteiger partial charge in [0.2, 0.25) is 6.79 Å². The monoisotopic (exact) mass is 388 g/mol. The van der Waals surface area contributed by atoms with Crippen molar-refractivity contribution < 1.29 is 18.9 Å². The number of hydrogen-bond acceptors (Lipinski definition) is 5. The van der Waals surface area contributed by atoms with Gasteiger partial charge in [-0.15, -0.1) is 0 Å². The topological polar surface area (TPSA) is 61.0 Å². The maximum Gasteiger partial charge on any atom is 0.231 e. The summed E-state index contributed by atoms with van der Waals surface area (Å²) < 4.78 is 21.4. The van der Waals surface area contributed by atoms with Crippen LogP contribution in [0.5, 0.6) is 23.0 Å². The van der Waals surface area contributed by atoms with Crippen molar-refractivity contribution in [1.29, 1.82) is 0 Å². The molecule has 1 atom stereocenters. The largest absolute Gasteiger partial charge is 0.493 e. The normalized spacial score (nSPS) is 13.0. The lowest BCUT2D eigenvalue weighted by Gasteiger charge is -2.18. The molecule has 2 aromatic carbocycles. The molecule has 3 rings (SSSR count). The van der Waals surface area contributed by atoms with E-state index in [1.165, 1.54) is 0 Å². The van der Waals surface area contributed by atoms with Gasteiger partial charge in [-0.1, -0.05) is 12.1 Å². The fourth-order valence-electron chi connectivity index (χ4n) is 2.87. The number of ether oxygens (including phenoxy) is 4. The zero-order valence-corrected chi connectivity index (χ0v) is 16.5. The van der Waals surface area contributed by atoms with Crippen LogP contribution in [-0.2, 0) is 6.42 Å². The van der Waals surface area contributed by atoms with Gasteiger partial charge in [0.1, 0.15) is 0 Å². The lowest BCUT2D eigenvalue weighted by atomic mass is 10.1. The number of rotatable bonds is 7. The molecule has 1 aliphatic rings. The van der Waals surface area contributed by atoms with E-state index in [1.807, 2.05) is 36.4 Å². The maximum absolute atomic E-state index is 5.43. The van der Waals surface area contributed by atoms with Crippen LogP contribution in [0, 0.1) is 0 Å². The SMILES string of the molecule is COc1ccc(CCNC(=S)NC(C)c2ccc3c(c2)OCO3)cc1OC. The molecule has 0 aromatic heterocycles. The van der Waals surface area contributed by atoms with Gasteiger partial charge in [0.05, 0.1) is 20.3 Å². The Bertz CT molecular complexity index is 813. The number of nitrogens with one attached hydrogen (secondary N) is 2. The third-order valence-corrected chi connectivity index (χ3v) is 4.65. The summed E-state index contributed by atoms with van der Waals surface area (Å²) in [6.45, 7) is 3.05. The number of fused-ring (bicyclic) bond motifs is 1. The second-order valence-electron chi connectivity index (χ2n) is 6.17. The standard InChI is InChI=1S/C20H24N2O4S/c1-13(15-5-7-17-19(11-15)26-12-25-17)22-20(27)21-9-8-14-4-6-16(23-2)18(10-14)24-3/h4-7,10-11,13H,8-9,12H2,1-3H3,(H2,21,22,27). The highest BCUT2D eigenvalue weighted by atomic mass is 32.1. The van der Waals surface area contributed by atoms with Gasteiger partial charge in [0.15, 0.2) is 28.1 Å². The Morgan fingerprint density at radius 3 is 2.63 bits per heavy atom. The van der Waals surface area contributed by atoms with Crippen LogP contribution < -0.4 is 29.6 Å². The second-order valence-corrected chi connectivity index (χ2v) is 6.58. The van der Waals surface area contributed by atoms with Crippen LogP contribution in [-0.4, -0.2) is 32.7 Å². The molecule has 0 amide bonds. The zero-order chi connectivity index (χ0) is 19.2. The average Bonchev–Trinajstić information content (AvgIpc) is 3.15. The molecule has 0 spiro atoms. The number of thiocarbonyl (C=S) groups is 1. The van der Waals surface area contributed by atoms with Crippen molar-refractivity contribution in [2.45, 2.75) is 19.4 Å². The molecule has 0 aliphatic carbocycles. The van der Waals surface area contributed by atoms with Crippen molar-refractivity contribution >= 4 is 17.3 Å². The number of benzene rings is 2. The van der Waals surface area contributed by atoms with Crippen LogP contribution in [0.15, 0.2) is 36.4 Å². The predicted molar refractivity (Wildman–Crippen MR) is 108 cm³/mol. The predicted octanol–water partition coefficient (Wildman–Crippen LogP) is 3.20. The van der Waals surface area contributed by atoms with Gasteiger partial charge in [-0.3, -0.25) is 0 Å². The fraction of sp³-hybridized carbons (Fsp3) is 0.350. The summed E-state index contributed by atoms with van der Waals surface area (Å²) in [6, 6.07) is 11.9. The van der Waals surface area contributed by atoms with Gasteiger partial charge in [0, 0.05) is 6.54 Å². The molecule has 2 aromatic rings. The van der Waals surface area contributed by atoms with Gasteiger partial charge in [-0.25, -0.2) is 0 Å². The molecule has 2 N–H and O–H groups in total. The van der Waals surface area contributed by atoms with E-state index in [0.29, 0.717) is 5.11 Å². The van der Waals surface area contributed by atoms with E-state index in [-0.39, 0.29) is 12.8 Å². The van der Waals surface area contributed by atoms with Crippen molar-refractivity contribution in [2.75, 3.05) is 27.6 Å². The molecule has 1 heterocycles. The molecule has 6 nitrogen and oxygen atoms in total. The summed E-state index contributed by atoms with van der Waals surface area (Å²) in [6.07, 6.45) is 0.820. The van der Waals surface area contributed by atoms with E-state index in [4.69, 9.17) is 31.2 Å². The first kappa shape index (κ1) is 19.1. The highest BCUT2D eigenvalue weighted by molar-refractivity contribution is 7.80. The minimum Gasteiger partial charge on any atom is -0.493 e. The molecule has 1 unspecified atom stereocenters. The first-order chi connectivity index (χ1) is 13.1. The Hall–Kier alpha value is -2.67. The van der Waals surface area contributed by atoms with Crippen molar-refractivity contribution in [3.05, 3.63) is 47.5 Å². The highest BCUT2D eigenvalue weighted by Crippen LogP contribution is 2.34.